The van der Waals surface area contributed by atoms with Crippen molar-refractivity contribution in [1.29, 1.82) is 0 Å². The molecule has 2 rings (SSSR count). The van der Waals surface area contributed by atoms with Gasteiger partial charge in [0, 0.05) is 13.5 Å². The number of amides is 1. The first-order chi connectivity index (χ1) is 8.65. The van der Waals surface area contributed by atoms with Crippen molar-refractivity contribution in [3.8, 4) is 16.9 Å². The van der Waals surface area contributed by atoms with E-state index >= 15 is 0 Å². The molecular weight excluding hydrogens is 226 g/mol. The molecule has 0 atom stereocenters. The van der Waals surface area contributed by atoms with Crippen LogP contribution in [0.1, 0.15) is 12.5 Å². The Morgan fingerprint density at radius 1 is 1.00 bits per heavy atom. The molecule has 92 valence electrons. The zero-order valence-corrected chi connectivity index (χ0v) is 10.2. The average molecular weight is 241 g/mol. The number of carbonyl (C=O) groups is 1. The van der Waals surface area contributed by atoms with Crippen LogP contribution >= 0.6 is 0 Å². The van der Waals surface area contributed by atoms with Gasteiger partial charge >= 0.3 is 0 Å². The summed E-state index contributed by atoms with van der Waals surface area (Å²) in [5.41, 5.74) is 3.20. The molecule has 0 spiro atoms. The van der Waals surface area contributed by atoms with Gasteiger partial charge in [-0.2, -0.15) is 0 Å². The highest BCUT2D eigenvalue weighted by molar-refractivity contribution is 5.72. The summed E-state index contributed by atoms with van der Waals surface area (Å²) < 4.78 is 0. The summed E-state index contributed by atoms with van der Waals surface area (Å²) >= 11 is 0. The van der Waals surface area contributed by atoms with Crippen LogP contribution < -0.4 is 5.32 Å². The van der Waals surface area contributed by atoms with Gasteiger partial charge in [0.15, 0.2) is 0 Å². The number of carbonyl (C=O) groups excluding carboxylic acids is 1. The van der Waals surface area contributed by atoms with Gasteiger partial charge in [0.1, 0.15) is 5.75 Å². The molecule has 3 nitrogen and oxygen atoms in total. The van der Waals surface area contributed by atoms with E-state index in [1.165, 1.54) is 6.92 Å². The van der Waals surface area contributed by atoms with Gasteiger partial charge in [-0.1, -0.05) is 36.4 Å². The van der Waals surface area contributed by atoms with Crippen molar-refractivity contribution in [2.75, 3.05) is 0 Å². The summed E-state index contributed by atoms with van der Waals surface area (Å²) in [5, 5.41) is 12.0. The van der Waals surface area contributed by atoms with Gasteiger partial charge in [-0.25, -0.2) is 0 Å². The summed E-state index contributed by atoms with van der Waals surface area (Å²) in [7, 11) is 0. The van der Waals surface area contributed by atoms with E-state index in [2.05, 4.69) is 5.32 Å². The molecule has 0 unspecified atom stereocenters. The van der Waals surface area contributed by atoms with E-state index in [1.54, 1.807) is 12.1 Å². The average Bonchev–Trinajstić information content (AvgIpc) is 2.38. The van der Waals surface area contributed by atoms with Crippen LogP contribution in [0, 0.1) is 0 Å². The number of benzene rings is 2. The van der Waals surface area contributed by atoms with Crippen LogP contribution in [0.2, 0.25) is 0 Å². The van der Waals surface area contributed by atoms with Crippen molar-refractivity contribution in [1.82, 2.24) is 5.32 Å². The standard InChI is InChI=1S/C15H15NO2/c1-11(17)16-10-12-2-4-13(5-3-12)14-6-8-15(18)9-7-14/h2-9,18H,10H2,1H3,(H,16,17). The third-order valence-corrected chi connectivity index (χ3v) is 2.70. The number of phenols is 1. The summed E-state index contributed by atoms with van der Waals surface area (Å²) in [5.74, 6) is 0.235. The molecule has 0 aliphatic carbocycles. The monoisotopic (exact) mass is 241 g/mol. The van der Waals surface area contributed by atoms with E-state index in [4.69, 9.17) is 0 Å². The second kappa shape index (κ2) is 5.36. The molecular formula is C15H15NO2. The van der Waals surface area contributed by atoms with E-state index in [1.807, 2.05) is 36.4 Å². The smallest absolute Gasteiger partial charge is 0.217 e. The lowest BCUT2D eigenvalue weighted by atomic mass is 10.0. The summed E-state index contributed by atoms with van der Waals surface area (Å²) in [6, 6.07) is 15.1. The van der Waals surface area contributed by atoms with Crippen LogP contribution in [0.4, 0.5) is 0 Å². The number of rotatable bonds is 3. The topological polar surface area (TPSA) is 49.3 Å². The SMILES string of the molecule is CC(=O)NCc1ccc(-c2ccc(O)cc2)cc1. The maximum absolute atomic E-state index is 10.8. The molecule has 0 saturated carbocycles. The maximum atomic E-state index is 10.8. The molecule has 0 aliphatic rings. The quantitative estimate of drug-likeness (QED) is 0.868. The largest absolute Gasteiger partial charge is 0.508 e. The minimum Gasteiger partial charge on any atom is -0.508 e. The third kappa shape index (κ3) is 3.10. The zero-order chi connectivity index (χ0) is 13.0. The Bertz CT molecular complexity index is 529. The summed E-state index contributed by atoms with van der Waals surface area (Å²) in [6.07, 6.45) is 0. The molecule has 0 saturated heterocycles. The number of hydrogen-bond acceptors (Lipinski definition) is 2. The molecule has 2 aromatic carbocycles. The minimum atomic E-state index is -0.0300. The van der Waals surface area contributed by atoms with E-state index in [9.17, 15) is 9.90 Å². The van der Waals surface area contributed by atoms with Crippen LogP contribution in [0.3, 0.4) is 0 Å². The van der Waals surface area contributed by atoms with E-state index in [-0.39, 0.29) is 11.7 Å². The van der Waals surface area contributed by atoms with Crippen LogP contribution in [-0.4, -0.2) is 11.0 Å². The molecule has 0 fully saturated rings. The molecule has 18 heavy (non-hydrogen) atoms. The van der Waals surface area contributed by atoms with Gasteiger partial charge in [0.05, 0.1) is 0 Å². The molecule has 3 heteroatoms. The second-order valence-corrected chi connectivity index (χ2v) is 4.15. The maximum Gasteiger partial charge on any atom is 0.217 e. The highest BCUT2D eigenvalue weighted by Crippen LogP contribution is 2.22. The summed E-state index contributed by atoms with van der Waals surface area (Å²) in [4.78, 5) is 10.8. The van der Waals surface area contributed by atoms with Crippen LogP contribution in [0.5, 0.6) is 5.75 Å². The van der Waals surface area contributed by atoms with Gasteiger partial charge in [-0.15, -0.1) is 0 Å². The number of nitrogens with one attached hydrogen (secondary N) is 1. The Morgan fingerprint density at radius 2 is 1.50 bits per heavy atom. The van der Waals surface area contributed by atoms with Crippen LogP contribution in [0.25, 0.3) is 11.1 Å². The molecule has 1 amide bonds. The van der Waals surface area contributed by atoms with Crippen molar-refractivity contribution < 1.29 is 9.90 Å². The van der Waals surface area contributed by atoms with E-state index in [0.29, 0.717) is 6.54 Å². The van der Waals surface area contributed by atoms with Gasteiger partial charge in [-0.3, -0.25) is 4.79 Å². The lowest BCUT2D eigenvalue weighted by Gasteiger charge is -2.05. The molecule has 0 radical (unpaired) electrons. The highest BCUT2D eigenvalue weighted by atomic mass is 16.3. The molecule has 0 aromatic heterocycles. The zero-order valence-electron chi connectivity index (χ0n) is 10.2. The molecule has 0 aliphatic heterocycles. The second-order valence-electron chi connectivity index (χ2n) is 4.15. The molecule has 0 heterocycles. The first-order valence-electron chi connectivity index (χ1n) is 5.78. The van der Waals surface area contributed by atoms with Gasteiger partial charge < -0.3 is 10.4 Å². The van der Waals surface area contributed by atoms with Crippen molar-refractivity contribution >= 4 is 5.91 Å². The number of phenolic OH excluding ortho intramolecular Hbond substituents is 1. The first kappa shape index (κ1) is 12.2. The van der Waals surface area contributed by atoms with Gasteiger partial charge in [0.25, 0.3) is 0 Å². The predicted octanol–water partition coefficient (Wildman–Crippen LogP) is 2.70. The van der Waals surface area contributed by atoms with Gasteiger partial charge in [0.2, 0.25) is 5.91 Å². The summed E-state index contributed by atoms with van der Waals surface area (Å²) in [6.45, 7) is 2.05. The molecule has 0 bridgehead atoms. The Labute approximate surface area is 106 Å². The predicted molar refractivity (Wildman–Crippen MR) is 71.1 cm³/mol. The van der Waals surface area contributed by atoms with E-state index in [0.717, 1.165) is 16.7 Å². The Morgan fingerprint density at radius 3 is 2.00 bits per heavy atom. The fourth-order valence-electron chi connectivity index (χ4n) is 1.70. The first-order valence-corrected chi connectivity index (χ1v) is 5.78. The third-order valence-electron chi connectivity index (χ3n) is 2.70. The van der Waals surface area contributed by atoms with Gasteiger partial charge in [-0.05, 0) is 28.8 Å². The number of aromatic hydroxyl groups is 1. The van der Waals surface area contributed by atoms with Crippen molar-refractivity contribution in [3.05, 3.63) is 54.1 Å². The minimum absolute atomic E-state index is 0.0300. The van der Waals surface area contributed by atoms with Crippen LogP contribution in [0.15, 0.2) is 48.5 Å². The van der Waals surface area contributed by atoms with Crippen molar-refractivity contribution in [3.63, 3.8) is 0 Å². The highest BCUT2D eigenvalue weighted by Gasteiger charge is 1.99. The molecule has 2 N–H and O–H groups in total. The Balaban J connectivity index is 2.12. The number of hydrogen-bond donors (Lipinski definition) is 2. The van der Waals surface area contributed by atoms with Crippen molar-refractivity contribution in [2.24, 2.45) is 0 Å². The fourth-order valence-corrected chi connectivity index (χ4v) is 1.70. The fraction of sp³-hybridized carbons (Fsp3) is 0.133. The Hall–Kier alpha value is -2.29. The normalized spacial score (nSPS) is 10.1. The van der Waals surface area contributed by atoms with E-state index < -0.39 is 0 Å². The lowest BCUT2D eigenvalue weighted by Crippen LogP contribution is -2.18. The lowest BCUT2D eigenvalue weighted by molar-refractivity contribution is -0.119. The Kier molecular flexibility index (Phi) is 3.63. The van der Waals surface area contributed by atoms with Crippen molar-refractivity contribution in [2.45, 2.75) is 13.5 Å². The molecule has 2 aromatic rings. The van der Waals surface area contributed by atoms with Crippen LogP contribution in [-0.2, 0) is 11.3 Å².